The normalized spacial score (nSPS) is 23.1. The molecule has 6 nitrogen and oxygen atoms in total. The van der Waals surface area contributed by atoms with E-state index in [9.17, 15) is 9.59 Å². The molecule has 0 saturated carbocycles. The SMILES string of the molecule is CC(C)(C)OC(=O)N1CCN2CC(NC(=O)c3ccc(Cl)c(Cl)c3)CC2C1. The van der Waals surface area contributed by atoms with Gasteiger partial charge >= 0.3 is 6.09 Å². The van der Waals surface area contributed by atoms with E-state index in [-0.39, 0.29) is 24.1 Å². The molecule has 2 aliphatic heterocycles. The van der Waals surface area contributed by atoms with Crippen LogP contribution in [0.5, 0.6) is 0 Å². The van der Waals surface area contributed by atoms with Gasteiger partial charge in [0.05, 0.1) is 10.0 Å². The molecule has 2 unspecified atom stereocenters. The average molecular weight is 414 g/mol. The molecular weight excluding hydrogens is 389 g/mol. The molecule has 0 radical (unpaired) electrons. The van der Waals surface area contributed by atoms with Crippen molar-refractivity contribution in [3.63, 3.8) is 0 Å². The van der Waals surface area contributed by atoms with Gasteiger partial charge in [0, 0.05) is 43.8 Å². The topological polar surface area (TPSA) is 61.9 Å². The van der Waals surface area contributed by atoms with Crippen molar-refractivity contribution in [2.75, 3.05) is 26.2 Å². The molecular formula is C19H25Cl2N3O3. The van der Waals surface area contributed by atoms with Crippen molar-refractivity contribution in [2.24, 2.45) is 0 Å². The molecule has 8 heteroatoms. The number of rotatable bonds is 2. The van der Waals surface area contributed by atoms with E-state index in [0.717, 1.165) is 19.5 Å². The maximum Gasteiger partial charge on any atom is 0.410 e. The van der Waals surface area contributed by atoms with E-state index in [1.807, 2.05) is 20.8 Å². The van der Waals surface area contributed by atoms with Crippen LogP contribution in [0.2, 0.25) is 10.0 Å². The van der Waals surface area contributed by atoms with Gasteiger partial charge in [0.1, 0.15) is 5.60 Å². The number of amides is 2. The van der Waals surface area contributed by atoms with Crippen LogP contribution >= 0.6 is 23.2 Å². The zero-order valence-electron chi connectivity index (χ0n) is 15.8. The van der Waals surface area contributed by atoms with Gasteiger partial charge in [-0.2, -0.15) is 0 Å². The summed E-state index contributed by atoms with van der Waals surface area (Å²) in [5, 5.41) is 3.85. The van der Waals surface area contributed by atoms with Gasteiger partial charge in [-0.1, -0.05) is 23.2 Å². The molecule has 2 heterocycles. The lowest BCUT2D eigenvalue weighted by Crippen LogP contribution is -2.53. The lowest BCUT2D eigenvalue weighted by Gasteiger charge is -2.37. The van der Waals surface area contributed by atoms with Gasteiger partial charge in [0.2, 0.25) is 0 Å². The molecule has 2 amide bonds. The van der Waals surface area contributed by atoms with Gasteiger partial charge in [0.25, 0.3) is 5.91 Å². The molecule has 0 spiro atoms. The largest absolute Gasteiger partial charge is 0.444 e. The Hall–Kier alpha value is -1.50. The first-order chi connectivity index (χ1) is 12.6. The fourth-order valence-electron chi connectivity index (χ4n) is 3.55. The second kappa shape index (κ2) is 7.86. The summed E-state index contributed by atoms with van der Waals surface area (Å²) in [5.41, 5.74) is -0.00932. The minimum absolute atomic E-state index is 0.0375. The second-order valence-electron chi connectivity index (χ2n) is 8.11. The Balaban J connectivity index is 1.56. The van der Waals surface area contributed by atoms with E-state index in [0.29, 0.717) is 28.7 Å². The number of hydrogen-bond acceptors (Lipinski definition) is 4. The molecule has 2 aliphatic rings. The average Bonchev–Trinajstić information content (AvgIpc) is 2.96. The van der Waals surface area contributed by atoms with Crippen LogP contribution in [0.1, 0.15) is 37.6 Å². The summed E-state index contributed by atoms with van der Waals surface area (Å²) < 4.78 is 5.47. The van der Waals surface area contributed by atoms with Crippen LogP contribution in [-0.4, -0.2) is 65.7 Å². The Morgan fingerprint density at radius 2 is 1.89 bits per heavy atom. The highest BCUT2D eigenvalue weighted by Crippen LogP contribution is 2.25. The van der Waals surface area contributed by atoms with Crippen LogP contribution in [0.15, 0.2) is 18.2 Å². The maximum atomic E-state index is 12.5. The summed E-state index contributed by atoms with van der Waals surface area (Å²) in [7, 11) is 0. The highest BCUT2D eigenvalue weighted by molar-refractivity contribution is 6.42. The van der Waals surface area contributed by atoms with Gasteiger partial charge in [-0.05, 0) is 45.4 Å². The summed E-state index contributed by atoms with van der Waals surface area (Å²) in [6.45, 7) is 8.41. The van der Waals surface area contributed by atoms with E-state index in [1.54, 1.807) is 23.1 Å². The molecule has 27 heavy (non-hydrogen) atoms. The smallest absolute Gasteiger partial charge is 0.410 e. The van der Waals surface area contributed by atoms with Crippen molar-refractivity contribution in [1.29, 1.82) is 0 Å². The number of piperazine rings is 1. The Labute approximate surface area is 169 Å². The first-order valence-corrected chi connectivity index (χ1v) is 9.86. The van der Waals surface area contributed by atoms with Crippen molar-refractivity contribution in [3.05, 3.63) is 33.8 Å². The summed E-state index contributed by atoms with van der Waals surface area (Å²) in [6.07, 6.45) is 0.525. The standard InChI is InChI=1S/C19H25Cl2N3O3/c1-19(2,3)27-18(26)24-7-6-23-10-13(9-14(23)11-24)22-17(25)12-4-5-15(20)16(21)8-12/h4-5,8,13-14H,6-7,9-11H2,1-3H3,(H,22,25). The van der Waals surface area contributed by atoms with E-state index in [1.165, 1.54) is 0 Å². The molecule has 1 N–H and O–H groups in total. The van der Waals surface area contributed by atoms with Gasteiger partial charge < -0.3 is 15.0 Å². The van der Waals surface area contributed by atoms with Crippen molar-refractivity contribution in [1.82, 2.24) is 15.1 Å². The Morgan fingerprint density at radius 3 is 2.56 bits per heavy atom. The van der Waals surface area contributed by atoms with Gasteiger partial charge in [0.15, 0.2) is 0 Å². The van der Waals surface area contributed by atoms with E-state index >= 15 is 0 Å². The van der Waals surface area contributed by atoms with Gasteiger partial charge in [-0.3, -0.25) is 9.69 Å². The minimum atomic E-state index is -0.500. The van der Waals surface area contributed by atoms with Crippen LogP contribution in [0, 0.1) is 0 Å². The molecule has 2 saturated heterocycles. The van der Waals surface area contributed by atoms with Crippen LogP contribution in [0.4, 0.5) is 4.79 Å². The Bertz CT molecular complexity index is 735. The molecule has 2 atom stereocenters. The van der Waals surface area contributed by atoms with Gasteiger partial charge in [-0.25, -0.2) is 4.79 Å². The highest BCUT2D eigenvalue weighted by atomic mass is 35.5. The molecule has 1 aromatic carbocycles. The van der Waals surface area contributed by atoms with Crippen LogP contribution in [-0.2, 0) is 4.74 Å². The lowest BCUT2D eigenvalue weighted by atomic mass is 10.1. The predicted molar refractivity (Wildman–Crippen MR) is 106 cm³/mol. The van der Waals surface area contributed by atoms with E-state index < -0.39 is 5.60 Å². The number of ether oxygens (including phenoxy) is 1. The summed E-state index contributed by atoms with van der Waals surface area (Å²) in [5.74, 6) is -0.164. The maximum absolute atomic E-state index is 12.5. The molecule has 148 valence electrons. The number of benzene rings is 1. The summed E-state index contributed by atoms with van der Waals surface area (Å²) >= 11 is 11.9. The monoisotopic (exact) mass is 413 g/mol. The molecule has 0 bridgehead atoms. The van der Waals surface area contributed by atoms with E-state index in [2.05, 4.69) is 10.2 Å². The quantitative estimate of drug-likeness (QED) is 0.806. The Morgan fingerprint density at radius 1 is 1.15 bits per heavy atom. The fourth-order valence-corrected chi connectivity index (χ4v) is 3.84. The molecule has 0 aliphatic carbocycles. The third kappa shape index (κ3) is 5.06. The van der Waals surface area contributed by atoms with Crippen molar-refractivity contribution in [3.8, 4) is 0 Å². The number of hydrogen-bond donors (Lipinski definition) is 1. The first kappa shape index (κ1) is 20.2. The number of halogens is 2. The second-order valence-corrected chi connectivity index (χ2v) is 8.92. The molecule has 1 aromatic rings. The van der Waals surface area contributed by atoms with Crippen molar-refractivity contribution in [2.45, 2.75) is 44.9 Å². The van der Waals surface area contributed by atoms with Crippen molar-refractivity contribution >= 4 is 35.2 Å². The number of fused-ring (bicyclic) bond motifs is 1. The fraction of sp³-hybridized carbons (Fsp3) is 0.579. The van der Waals surface area contributed by atoms with Crippen molar-refractivity contribution < 1.29 is 14.3 Å². The number of nitrogens with one attached hydrogen (secondary N) is 1. The predicted octanol–water partition coefficient (Wildman–Crippen LogP) is 3.42. The van der Waals surface area contributed by atoms with Crippen LogP contribution < -0.4 is 5.32 Å². The third-order valence-electron chi connectivity index (χ3n) is 4.78. The minimum Gasteiger partial charge on any atom is -0.444 e. The van der Waals surface area contributed by atoms with Crippen LogP contribution in [0.25, 0.3) is 0 Å². The van der Waals surface area contributed by atoms with E-state index in [4.69, 9.17) is 27.9 Å². The third-order valence-corrected chi connectivity index (χ3v) is 5.52. The molecule has 2 fully saturated rings. The zero-order chi connectivity index (χ0) is 19.8. The Kier molecular flexibility index (Phi) is 5.89. The molecule has 3 rings (SSSR count). The van der Waals surface area contributed by atoms with Crippen LogP contribution in [0.3, 0.4) is 0 Å². The number of nitrogens with zero attached hydrogens (tertiary/aromatic N) is 2. The summed E-state index contributed by atoms with van der Waals surface area (Å²) in [4.78, 5) is 28.9. The highest BCUT2D eigenvalue weighted by Gasteiger charge is 2.39. The number of carbonyl (C=O) groups is 2. The first-order valence-electron chi connectivity index (χ1n) is 9.10. The summed E-state index contributed by atoms with van der Waals surface area (Å²) in [6, 6.07) is 5.12. The zero-order valence-corrected chi connectivity index (χ0v) is 17.3. The lowest BCUT2D eigenvalue weighted by molar-refractivity contribution is 0.00925. The van der Waals surface area contributed by atoms with Gasteiger partial charge in [-0.15, -0.1) is 0 Å². The number of carbonyl (C=O) groups excluding carboxylic acids is 2. The molecule has 0 aromatic heterocycles.